The van der Waals surface area contributed by atoms with Crippen molar-refractivity contribution >= 4 is 17.0 Å². The highest BCUT2D eigenvalue weighted by Gasteiger charge is 2.22. The second kappa shape index (κ2) is 6.07. The predicted molar refractivity (Wildman–Crippen MR) is 89.1 cm³/mol. The topological polar surface area (TPSA) is 70.7 Å². The summed E-state index contributed by atoms with van der Waals surface area (Å²) in [6.45, 7) is 4.73. The van der Waals surface area contributed by atoms with E-state index in [9.17, 15) is 4.79 Å². The molecule has 1 fully saturated rings. The molecule has 0 amide bonds. The monoisotopic (exact) mass is 300 g/mol. The van der Waals surface area contributed by atoms with Crippen LogP contribution in [0, 0.1) is 5.41 Å². The Kier molecular flexibility index (Phi) is 4.14. The zero-order valence-corrected chi connectivity index (χ0v) is 13.4. The molecule has 2 aromatic heterocycles. The second-order valence-corrected chi connectivity index (χ2v) is 7.11. The maximum Gasteiger partial charge on any atom is 0.249 e. The van der Waals surface area contributed by atoms with E-state index in [4.69, 9.17) is 0 Å². The number of hydrogen-bond donors (Lipinski definition) is 2. The van der Waals surface area contributed by atoms with E-state index in [1.54, 1.807) is 12.3 Å². The summed E-state index contributed by atoms with van der Waals surface area (Å²) in [6, 6.07) is 3.66. The number of anilines is 1. The van der Waals surface area contributed by atoms with Crippen LogP contribution >= 0.6 is 0 Å². The summed E-state index contributed by atoms with van der Waals surface area (Å²) in [4.78, 5) is 23.0. The minimum atomic E-state index is -0.134. The highest BCUT2D eigenvalue weighted by atomic mass is 16.1. The molecule has 0 aromatic carbocycles. The van der Waals surface area contributed by atoms with Gasteiger partial charge in [-0.25, -0.2) is 4.98 Å². The van der Waals surface area contributed by atoms with E-state index < -0.39 is 0 Å². The molecule has 3 rings (SSSR count). The third-order valence-corrected chi connectivity index (χ3v) is 4.62. The van der Waals surface area contributed by atoms with Gasteiger partial charge in [-0.3, -0.25) is 4.79 Å². The Labute approximate surface area is 130 Å². The van der Waals surface area contributed by atoms with E-state index >= 15 is 0 Å². The van der Waals surface area contributed by atoms with Gasteiger partial charge in [0.2, 0.25) is 11.5 Å². The van der Waals surface area contributed by atoms with Crippen LogP contribution in [0.25, 0.3) is 11.0 Å². The van der Waals surface area contributed by atoms with Crippen molar-refractivity contribution in [2.75, 3.05) is 5.32 Å². The quantitative estimate of drug-likeness (QED) is 0.890. The van der Waals surface area contributed by atoms with Gasteiger partial charge in [-0.2, -0.15) is 4.98 Å². The fraction of sp³-hybridized carbons (Fsp3) is 0.588. The molecule has 0 spiro atoms. The Morgan fingerprint density at radius 3 is 2.68 bits per heavy atom. The lowest BCUT2D eigenvalue weighted by molar-refractivity contribution is 0.260. The van der Waals surface area contributed by atoms with Crippen molar-refractivity contribution in [2.45, 2.75) is 58.4 Å². The molecule has 0 unspecified atom stereocenters. The lowest BCUT2D eigenvalue weighted by Gasteiger charge is -2.30. The predicted octanol–water partition coefficient (Wildman–Crippen LogP) is 3.48. The summed E-state index contributed by atoms with van der Waals surface area (Å²) in [6.07, 6.45) is 9.07. The number of hydrogen-bond acceptors (Lipinski definition) is 4. The smallest absolute Gasteiger partial charge is 0.249 e. The number of rotatable bonds is 2. The average Bonchev–Trinajstić information content (AvgIpc) is 2.44. The third kappa shape index (κ3) is 3.64. The number of aromatic nitrogens is 3. The number of fused-ring (bicyclic) bond motifs is 1. The summed E-state index contributed by atoms with van der Waals surface area (Å²) in [5.41, 5.74) is 0.937. The first-order chi connectivity index (χ1) is 10.5. The molecular weight excluding hydrogens is 276 g/mol. The van der Waals surface area contributed by atoms with Crippen LogP contribution in [0.15, 0.2) is 23.1 Å². The number of H-pyrrole nitrogens is 1. The van der Waals surface area contributed by atoms with Crippen LogP contribution in [0.5, 0.6) is 0 Å². The number of nitrogens with zero attached hydrogens (tertiary/aromatic N) is 2. The Bertz CT molecular complexity index is 695. The molecule has 1 aliphatic rings. The van der Waals surface area contributed by atoms with Crippen LogP contribution in [0.1, 0.15) is 52.4 Å². The summed E-state index contributed by atoms with van der Waals surface area (Å²) in [5.74, 6) is 0.610. The van der Waals surface area contributed by atoms with Crippen molar-refractivity contribution in [3.63, 3.8) is 0 Å². The number of aromatic amines is 1. The van der Waals surface area contributed by atoms with E-state index in [0.717, 1.165) is 18.2 Å². The Balaban J connectivity index is 1.71. The molecule has 2 N–H and O–H groups in total. The minimum Gasteiger partial charge on any atom is -0.351 e. The van der Waals surface area contributed by atoms with Gasteiger partial charge in [0.1, 0.15) is 5.65 Å². The zero-order valence-electron chi connectivity index (χ0n) is 13.4. The Hall–Kier alpha value is -1.91. The van der Waals surface area contributed by atoms with E-state index in [1.807, 2.05) is 0 Å². The van der Waals surface area contributed by atoms with Crippen molar-refractivity contribution in [3.8, 4) is 0 Å². The molecule has 1 saturated carbocycles. The fourth-order valence-corrected chi connectivity index (χ4v) is 3.26. The number of nitrogens with one attached hydrogen (secondary N) is 2. The molecule has 22 heavy (non-hydrogen) atoms. The lowest BCUT2D eigenvalue weighted by Crippen LogP contribution is -2.25. The molecule has 2 heterocycles. The maximum absolute atomic E-state index is 11.4. The van der Waals surface area contributed by atoms with Crippen molar-refractivity contribution < 1.29 is 0 Å². The molecule has 5 heteroatoms. The molecule has 118 valence electrons. The van der Waals surface area contributed by atoms with Gasteiger partial charge in [-0.1, -0.05) is 26.7 Å². The van der Waals surface area contributed by atoms with Crippen LogP contribution in [-0.2, 0) is 0 Å². The zero-order chi connectivity index (χ0) is 15.6. The maximum atomic E-state index is 11.4. The normalized spacial score (nSPS) is 19.5. The largest absolute Gasteiger partial charge is 0.351 e. The van der Waals surface area contributed by atoms with Crippen LogP contribution < -0.4 is 10.9 Å². The van der Waals surface area contributed by atoms with Gasteiger partial charge in [0.05, 0.1) is 0 Å². The molecule has 0 saturated heterocycles. The Morgan fingerprint density at radius 2 is 1.95 bits per heavy atom. The van der Waals surface area contributed by atoms with Gasteiger partial charge in [0.15, 0.2) is 0 Å². The first kappa shape index (κ1) is 15.0. The van der Waals surface area contributed by atoms with Gasteiger partial charge >= 0.3 is 0 Å². The van der Waals surface area contributed by atoms with Crippen molar-refractivity contribution in [3.05, 3.63) is 28.7 Å². The van der Waals surface area contributed by atoms with Gasteiger partial charge in [0, 0.05) is 23.7 Å². The molecule has 5 nitrogen and oxygen atoms in total. The van der Waals surface area contributed by atoms with Gasteiger partial charge < -0.3 is 10.3 Å². The highest BCUT2D eigenvalue weighted by Crippen LogP contribution is 2.33. The molecule has 0 radical (unpaired) electrons. The third-order valence-electron chi connectivity index (χ3n) is 4.62. The van der Waals surface area contributed by atoms with Crippen LogP contribution in [0.3, 0.4) is 0 Å². The van der Waals surface area contributed by atoms with Gasteiger partial charge in [0.25, 0.3) is 0 Å². The number of pyridine rings is 1. The Morgan fingerprint density at radius 1 is 1.23 bits per heavy atom. The molecule has 0 aliphatic heterocycles. The fourth-order valence-electron chi connectivity index (χ4n) is 3.26. The SMILES string of the molecule is CC1(C)CCCC(Nc2ncc3ccc(=O)[nH]c3n2)CCC1. The van der Waals surface area contributed by atoms with E-state index in [1.165, 1.54) is 31.7 Å². The summed E-state index contributed by atoms with van der Waals surface area (Å²) < 4.78 is 0. The van der Waals surface area contributed by atoms with Crippen molar-refractivity contribution in [1.82, 2.24) is 15.0 Å². The van der Waals surface area contributed by atoms with Gasteiger partial charge in [-0.15, -0.1) is 0 Å². The van der Waals surface area contributed by atoms with E-state index in [0.29, 0.717) is 23.1 Å². The summed E-state index contributed by atoms with van der Waals surface area (Å²) in [7, 11) is 0. The first-order valence-corrected chi connectivity index (χ1v) is 8.14. The highest BCUT2D eigenvalue weighted by molar-refractivity contribution is 5.74. The van der Waals surface area contributed by atoms with Crippen LogP contribution in [-0.4, -0.2) is 21.0 Å². The molecule has 1 aliphatic carbocycles. The molecule has 2 aromatic rings. The first-order valence-electron chi connectivity index (χ1n) is 8.14. The molecule has 0 atom stereocenters. The second-order valence-electron chi connectivity index (χ2n) is 7.11. The van der Waals surface area contributed by atoms with Crippen LogP contribution in [0.4, 0.5) is 5.95 Å². The molecular formula is C17H24N4O. The lowest BCUT2D eigenvalue weighted by atomic mass is 9.79. The summed E-state index contributed by atoms with van der Waals surface area (Å²) >= 11 is 0. The van der Waals surface area contributed by atoms with E-state index in [2.05, 4.69) is 34.1 Å². The summed E-state index contributed by atoms with van der Waals surface area (Å²) in [5, 5.41) is 4.29. The van der Waals surface area contributed by atoms with Crippen LogP contribution in [0.2, 0.25) is 0 Å². The van der Waals surface area contributed by atoms with Crippen molar-refractivity contribution in [2.24, 2.45) is 5.41 Å². The van der Waals surface area contributed by atoms with Crippen molar-refractivity contribution in [1.29, 1.82) is 0 Å². The van der Waals surface area contributed by atoms with E-state index in [-0.39, 0.29) is 5.56 Å². The average molecular weight is 300 g/mol. The standard InChI is InChI=1S/C17H24N4O/c1-17(2)9-3-5-13(6-4-10-17)19-16-18-11-12-7-8-14(22)20-15(12)21-16/h7-8,11,13H,3-6,9-10H2,1-2H3,(H2,18,19,20,21,22). The van der Waals surface area contributed by atoms with Gasteiger partial charge in [-0.05, 0) is 37.2 Å². The molecule has 0 bridgehead atoms. The minimum absolute atomic E-state index is 0.134.